The summed E-state index contributed by atoms with van der Waals surface area (Å²) in [6.07, 6.45) is 0. The van der Waals surface area contributed by atoms with Crippen LogP contribution < -0.4 is 21.7 Å². The molecule has 5 heteroatoms. The lowest BCUT2D eigenvalue weighted by atomic mass is 9.79. The second-order valence-electron chi connectivity index (χ2n) is 5.98. The van der Waals surface area contributed by atoms with E-state index in [9.17, 15) is 0 Å². The highest BCUT2D eigenvalue weighted by Gasteiger charge is 2.31. The molecule has 0 saturated heterocycles. The summed E-state index contributed by atoms with van der Waals surface area (Å²) in [5, 5.41) is 0. The van der Waals surface area contributed by atoms with E-state index >= 15 is 0 Å². The molecule has 124 valence electrons. The minimum Gasteiger partial charge on any atom is -0.496 e. The van der Waals surface area contributed by atoms with Crippen molar-refractivity contribution in [1.82, 2.24) is 0 Å². The van der Waals surface area contributed by atoms with E-state index in [4.69, 9.17) is 28.8 Å². The van der Waals surface area contributed by atoms with E-state index in [-0.39, 0.29) is 12.5 Å². The fraction of sp³-hybridized carbons (Fsp3) is 0.263. The SMILES string of the molecule is [B]c1cc(C(N)(COC(=C)N)c2ccc(OC)c(C)c2)ccc1C. The number of nitrogens with two attached hydrogens (primary N) is 2. The van der Waals surface area contributed by atoms with E-state index in [1.165, 1.54) is 0 Å². The van der Waals surface area contributed by atoms with Gasteiger partial charge in [0.05, 0.1) is 7.11 Å². The van der Waals surface area contributed by atoms with E-state index < -0.39 is 5.54 Å². The van der Waals surface area contributed by atoms with E-state index in [0.717, 1.165) is 28.0 Å². The summed E-state index contributed by atoms with van der Waals surface area (Å²) in [4.78, 5) is 0. The minimum absolute atomic E-state index is 0.121. The van der Waals surface area contributed by atoms with Crippen LogP contribution in [0.5, 0.6) is 5.75 Å². The standard InChI is InChI=1S/C19H23BN2O2/c1-12-5-6-16(10-17(12)20)19(22,11-24-14(3)21)15-7-8-18(23-4)13(2)9-15/h5-10H,3,11,21-22H2,1-2,4H3. The Bertz CT molecular complexity index is 761. The lowest BCUT2D eigenvalue weighted by Crippen LogP contribution is -2.43. The average molecular weight is 322 g/mol. The quantitative estimate of drug-likeness (QED) is 0.628. The summed E-state index contributed by atoms with van der Waals surface area (Å²) in [7, 11) is 7.71. The Labute approximate surface area is 144 Å². The van der Waals surface area contributed by atoms with Crippen LogP contribution in [0.2, 0.25) is 0 Å². The first-order valence-corrected chi connectivity index (χ1v) is 7.65. The van der Waals surface area contributed by atoms with E-state index in [2.05, 4.69) is 6.58 Å². The monoisotopic (exact) mass is 322 g/mol. The van der Waals surface area contributed by atoms with E-state index in [1.807, 2.05) is 50.2 Å². The molecule has 2 aromatic carbocycles. The van der Waals surface area contributed by atoms with Crippen molar-refractivity contribution in [1.29, 1.82) is 0 Å². The molecule has 0 heterocycles. The van der Waals surface area contributed by atoms with Crippen molar-refractivity contribution in [3.8, 4) is 5.75 Å². The number of hydrogen-bond donors (Lipinski definition) is 2. The number of aryl methyl sites for hydroxylation is 2. The topological polar surface area (TPSA) is 70.5 Å². The summed E-state index contributed by atoms with van der Waals surface area (Å²) in [5.41, 5.74) is 15.8. The van der Waals surface area contributed by atoms with E-state index in [1.54, 1.807) is 7.11 Å². The van der Waals surface area contributed by atoms with Gasteiger partial charge in [0.25, 0.3) is 0 Å². The number of ether oxygens (including phenoxy) is 2. The van der Waals surface area contributed by atoms with Crippen LogP contribution in [0.15, 0.2) is 48.9 Å². The second kappa shape index (κ2) is 7.01. The van der Waals surface area contributed by atoms with Crippen LogP contribution >= 0.6 is 0 Å². The number of methoxy groups -OCH3 is 1. The van der Waals surface area contributed by atoms with Crippen molar-refractivity contribution in [3.05, 3.63) is 71.1 Å². The first-order valence-electron chi connectivity index (χ1n) is 7.65. The maximum Gasteiger partial charge on any atom is 0.176 e. The molecule has 4 nitrogen and oxygen atoms in total. The molecule has 1 unspecified atom stereocenters. The number of benzene rings is 2. The van der Waals surface area contributed by atoms with Crippen LogP contribution in [0.4, 0.5) is 0 Å². The van der Waals surface area contributed by atoms with Gasteiger partial charge in [0.15, 0.2) is 5.88 Å². The molecule has 0 aromatic heterocycles. The van der Waals surface area contributed by atoms with Crippen molar-refractivity contribution in [2.75, 3.05) is 13.7 Å². The first kappa shape index (κ1) is 18.0. The highest BCUT2D eigenvalue weighted by Crippen LogP contribution is 2.31. The summed E-state index contributed by atoms with van der Waals surface area (Å²) >= 11 is 0. The molecule has 2 aromatic rings. The van der Waals surface area contributed by atoms with Crippen molar-refractivity contribution in [3.63, 3.8) is 0 Å². The van der Waals surface area contributed by atoms with Gasteiger partial charge in [-0.2, -0.15) is 0 Å². The molecule has 1 atom stereocenters. The molecule has 2 radical (unpaired) electrons. The van der Waals surface area contributed by atoms with Crippen molar-refractivity contribution < 1.29 is 9.47 Å². The summed E-state index contributed by atoms with van der Waals surface area (Å²) < 4.78 is 10.8. The third-order valence-electron chi connectivity index (χ3n) is 4.19. The van der Waals surface area contributed by atoms with E-state index in [0.29, 0.717) is 5.46 Å². The van der Waals surface area contributed by atoms with Gasteiger partial charge >= 0.3 is 0 Å². The molecule has 2 rings (SSSR count). The molecule has 0 aliphatic carbocycles. The van der Waals surface area contributed by atoms with Gasteiger partial charge in [0.1, 0.15) is 25.7 Å². The first-order chi connectivity index (χ1) is 11.3. The molecular weight excluding hydrogens is 299 g/mol. The van der Waals surface area contributed by atoms with Gasteiger partial charge in [-0.15, -0.1) is 0 Å². The smallest absolute Gasteiger partial charge is 0.176 e. The highest BCUT2D eigenvalue weighted by atomic mass is 16.5. The Hall–Kier alpha value is -2.40. The maximum atomic E-state index is 6.75. The Morgan fingerprint density at radius 1 is 1.12 bits per heavy atom. The average Bonchev–Trinajstić information content (AvgIpc) is 2.55. The van der Waals surface area contributed by atoms with Gasteiger partial charge < -0.3 is 20.9 Å². The lowest BCUT2D eigenvalue weighted by Gasteiger charge is -2.31. The van der Waals surface area contributed by atoms with Crippen LogP contribution in [0, 0.1) is 13.8 Å². The normalized spacial score (nSPS) is 13.2. The zero-order valence-corrected chi connectivity index (χ0v) is 14.4. The fourth-order valence-electron chi connectivity index (χ4n) is 2.61. The summed E-state index contributed by atoms with van der Waals surface area (Å²) in [5.74, 6) is 0.920. The van der Waals surface area contributed by atoms with Gasteiger partial charge in [0, 0.05) is 0 Å². The number of hydrogen-bond acceptors (Lipinski definition) is 4. The summed E-state index contributed by atoms with van der Waals surface area (Å²) in [6, 6.07) is 11.6. The van der Waals surface area contributed by atoms with Crippen LogP contribution in [-0.2, 0) is 10.3 Å². The predicted octanol–water partition coefficient (Wildman–Crippen LogP) is 1.75. The van der Waals surface area contributed by atoms with Crippen molar-refractivity contribution in [2.45, 2.75) is 19.4 Å². The molecule has 0 aliphatic heterocycles. The predicted molar refractivity (Wildman–Crippen MR) is 98.5 cm³/mol. The van der Waals surface area contributed by atoms with Crippen LogP contribution in [0.3, 0.4) is 0 Å². The zero-order chi connectivity index (χ0) is 17.9. The van der Waals surface area contributed by atoms with Gasteiger partial charge in [-0.3, -0.25) is 0 Å². The molecule has 0 amide bonds. The third-order valence-corrected chi connectivity index (χ3v) is 4.19. The molecule has 0 aliphatic rings. The molecule has 0 saturated carbocycles. The van der Waals surface area contributed by atoms with Gasteiger partial charge in [-0.25, -0.2) is 0 Å². The van der Waals surface area contributed by atoms with Crippen molar-refractivity contribution in [2.24, 2.45) is 11.5 Å². The minimum atomic E-state index is -0.916. The van der Waals surface area contributed by atoms with Gasteiger partial charge in [-0.05, 0) is 43.2 Å². The molecule has 0 bridgehead atoms. The Kier molecular flexibility index (Phi) is 5.25. The molecule has 0 fully saturated rings. The fourth-order valence-corrected chi connectivity index (χ4v) is 2.61. The van der Waals surface area contributed by atoms with Crippen LogP contribution in [-0.4, -0.2) is 21.6 Å². The summed E-state index contributed by atoms with van der Waals surface area (Å²) in [6.45, 7) is 7.65. The second-order valence-corrected chi connectivity index (χ2v) is 5.98. The Morgan fingerprint density at radius 3 is 2.29 bits per heavy atom. The number of rotatable bonds is 6. The van der Waals surface area contributed by atoms with Crippen molar-refractivity contribution >= 4 is 13.3 Å². The molecular formula is C19H23BN2O2. The van der Waals surface area contributed by atoms with Gasteiger partial charge in [0.2, 0.25) is 0 Å². The largest absolute Gasteiger partial charge is 0.496 e. The highest BCUT2D eigenvalue weighted by molar-refractivity contribution is 6.33. The third kappa shape index (κ3) is 3.57. The van der Waals surface area contributed by atoms with Crippen LogP contribution in [0.1, 0.15) is 22.3 Å². The Balaban J connectivity index is 2.55. The lowest BCUT2D eigenvalue weighted by molar-refractivity contribution is 0.161. The molecule has 24 heavy (non-hydrogen) atoms. The van der Waals surface area contributed by atoms with Gasteiger partial charge in [-0.1, -0.05) is 41.4 Å². The maximum absolute atomic E-state index is 6.75. The zero-order valence-electron chi connectivity index (χ0n) is 14.4. The molecule has 4 N–H and O–H groups in total. The van der Waals surface area contributed by atoms with Crippen LogP contribution in [0.25, 0.3) is 0 Å². The Morgan fingerprint density at radius 2 is 1.75 bits per heavy atom. The molecule has 0 spiro atoms.